The van der Waals surface area contributed by atoms with E-state index in [0.717, 1.165) is 45.0 Å². The van der Waals surface area contributed by atoms with E-state index in [4.69, 9.17) is 14.5 Å². The summed E-state index contributed by atoms with van der Waals surface area (Å²) in [5, 5.41) is 4.21. The molecule has 11 heteroatoms. The highest BCUT2D eigenvalue weighted by molar-refractivity contribution is 5.99. The number of rotatable bonds is 5. The van der Waals surface area contributed by atoms with E-state index < -0.39 is 0 Å². The summed E-state index contributed by atoms with van der Waals surface area (Å²) in [6.07, 6.45) is 6.41. The SMILES string of the molecule is C=CC(=O)N1CCN2c3ncc4ncnc(Nc5ccc(Oc6ccc7c(c6)ncn7C)c(C)c5)c4c3OCC2C1. The van der Waals surface area contributed by atoms with Crippen LogP contribution in [0.3, 0.4) is 0 Å². The van der Waals surface area contributed by atoms with Crippen molar-refractivity contribution in [3.8, 4) is 17.2 Å². The maximum absolute atomic E-state index is 12.2. The van der Waals surface area contributed by atoms with E-state index in [1.807, 2.05) is 54.9 Å². The second-order valence-corrected chi connectivity index (χ2v) is 10.3. The van der Waals surface area contributed by atoms with Gasteiger partial charge in [-0.1, -0.05) is 6.58 Å². The molecule has 0 saturated carbocycles. The molecule has 41 heavy (non-hydrogen) atoms. The van der Waals surface area contributed by atoms with Crippen LogP contribution in [0.5, 0.6) is 17.2 Å². The van der Waals surface area contributed by atoms with Gasteiger partial charge in [0.05, 0.1) is 40.5 Å². The monoisotopic (exact) mass is 548 g/mol. The average Bonchev–Trinajstić information content (AvgIpc) is 3.37. The lowest BCUT2D eigenvalue weighted by Crippen LogP contribution is -2.58. The lowest BCUT2D eigenvalue weighted by atomic mass is 10.1. The van der Waals surface area contributed by atoms with Crippen molar-refractivity contribution in [3.05, 3.63) is 73.5 Å². The van der Waals surface area contributed by atoms with E-state index in [9.17, 15) is 4.79 Å². The van der Waals surface area contributed by atoms with Gasteiger partial charge in [-0.15, -0.1) is 0 Å². The fraction of sp³-hybridized carbons (Fsp3) is 0.233. The van der Waals surface area contributed by atoms with E-state index in [1.54, 1.807) is 17.4 Å². The summed E-state index contributed by atoms with van der Waals surface area (Å²) in [4.78, 5) is 34.3. The Morgan fingerprint density at radius 3 is 2.88 bits per heavy atom. The van der Waals surface area contributed by atoms with Crippen LogP contribution in [0.15, 0.2) is 67.9 Å². The van der Waals surface area contributed by atoms with Gasteiger partial charge in [0.2, 0.25) is 5.91 Å². The van der Waals surface area contributed by atoms with Crippen LogP contribution in [0.1, 0.15) is 5.56 Å². The minimum Gasteiger partial charge on any atom is -0.487 e. The summed E-state index contributed by atoms with van der Waals surface area (Å²) < 4.78 is 14.4. The molecule has 1 fully saturated rings. The van der Waals surface area contributed by atoms with E-state index in [-0.39, 0.29) is 11.9 Å². The zero-order valence-corrected chi connectivity index (χ0v) is 22.7. The van der Waals surface area contributed by atoms with Gasteiger partial charge in [0.25, 0.3) is 0 Å². The largest absolute Gasteiger partial charge is 0.487 e. The molecular formula is C30H28N8O3. The predicted octanol–water partition coefficient (Wildman–Crippen LogP) is 4.35. The number of nitrogens with one attached hydrogen (secondary N) is 1. The zero-order chi connectivity index (χ0) is 28.1. The number of anilines is 3. The van der Waals surface area contributed by atoms with Crippen LogP contribution in [-0.4, -0.2) is 67.6 Å². The number of ether oxygens (including phenoxy) is 2. The number of benzene rings is 2. The number of piperazine rings is 1. The second kappa shape index (κ2) is 9.77. The van der Waals surface area contributed by atoms with Gasteiger partial charge in [0.1, 0.15) is 30.3 Å². The van der Waals surface area contributed by atoms with E-state index in [0.29, 0.717) is 43.3 Å². The molecule has 3 aromatic heterocycles. The number of aromatic nitrogens is 5. The highest BCUT2D eigenvalue weighted by Crippen LogP contribution is 2.42. The molecule has 11 nitrogen and oxygen atoms in total. The van der Waals surface area contributed by atoms with Crippen molar-refractivity contribution >= 4 is 45.2 Å². The zero-order valence-electron chi connectivity index (χ0n) is 22.7. The van der Waals surface area contributed by atoms with E-state index >= 15 is 0 Å². The highest BCUT2D eigenvalue weighted by Gasteiger charge is 2.36. The van der Waals surface area contributed by atoms with Crippen molar-refractivity contribution in [1.29, 1.82) is 0 Å². The molecular weight excluding hydrogens is 520 g/mol. The van der Waals surface area contributed by atoms with Crippen LogP contribution in [0, 0.1) is 6.92 Å². The molecule has 1 amide bonds. The number of carbonyl (C=O) groups is 1. The van der Waals surface area contributed by atoms with Gasteiger partial charge >= 0.3 is 0 Å². The standard InChI is InChI=1S/C30H28N8O3/c1-4-26(39)37-9-10-38-20(14-37)15-40-28-27-23(13-31-30(28)38)32-16-33-29(27)35-19-5-8-25(18(2)11-19)41-21-6-7-24-22(12-21)34-17-36(24)3/h4-8,11-13,16-17,20H,1,9-10,14-15H2,2-3H3,(H,32,33,35). The normalized spacial score (nSPS) is 16.2. The van der Waals surface area contributed by atoms with E-state index in [1.165, 1.54) is 12.4 Å². The summed E-state index contributed by atoms with van der Waals surface area (Å²) in [5.41, 5.74) is 4.43. The molecule has 206 valence electrons. The lowest BCUT2D eigenvalue weighted by molar-refractivity contribution is -0.127. The maximum Gasteiger partial charge on any atom is 0.246 e. The first-order valence-corrected chi connectivity index (χ1v) is 13.4. The Balaban J connectivity index is 1.16. The minimum atomic E-state index is -0.0669. The third-order valence-corrected chi connectivity index (χ3v) is 7.64. The van der Waals surface area contributed by atoms with Crippen molar-refractivity contribution in [1.82, 2.24) is 29.4 Å². The third-order valence-electron chi connectivity index (χ3n) is 7.64. The average molecular weight is 549 g/mol. The molecule has 5 heterocycles. The lowest BCUT2D eigenvalue weighted by Gasteiger charge is -2.44. The predicted molar refractivity (Wildman–Crippen MR) is 156 cm³/mol. The third kappa shape index (κ3) is 4.35. The Kier molecular flexibility index (Phi) is 5.92. The van der Waals surface area contributed by atoms with Crippen LogP contribution in [0.4, 0.5) is 17.3 Å². The van der Waals surface area contributed by atoms with Gasteiger partial charge in [0.15, 0.2) is 11.6 Å². The molecule has 2 aliphatic rings. The Labute approximate surface area is 236 Å². The van der Waals surface area contributed by atoms with Gasteiger partial charge in [-0.25, -0.2) is 19.9 Å². The van der Waals surface area contributed by atoms with Crippen molar-refractivity contribution in [3.63, 3.8) is 0 Å². The maximum atomic E-state index is 12.2. The number of fused-ring (bicyclic) bond motifs is 6. The fourth-order valence-electron chi connectivity index (χ4n) is 5.52. The molecule has 7 rings (SSSR count). The number of pyridine rings is 1. The first kappa shape index (κ1) is 24.8. The smallest absolute Gasteiger partial charge is 0.246 e. The van der Waals surface area contributed by atoms with Gasteiger partial charge in [-0.2, -0.15) is 0 Å². The number of nitrogens with zero attached hydrogens (tertiary/aromatic N) is 7. The molecule has 1 unspecified atom stereocenters. The summed E-state index contributed by atoms with van der Waals surface area (Å²) >= 11 is 0. The number of carbonyl (C=O) groups excluding carboxylic acids is 1. The quantitative estimate of drug-likeness (QED) is 0.321. The van der Waals surface area contributed by atoms with Crippen molar-refractivity contribution < 1.29 is 14.3 Å². The molecule has 2 aromatic carbocycles. The molecule has 0 aliphatic carbocycles. The van der Waals surface area contributed by atoms with Crippen molar-refractivity contribution in [2.45, 2.75) is 13.0 Å². The van der Waals surface area contributed by atoms with Crippen molar-refractivity contribution in [2.24, 2.45) is 7.05 Å². The van der Waals surface area contributed by atoms with Gasteiger partial charge < -0.3 is 29.2 Å². The van der Waals surface area contributed by atoms with Crippen LogP contribution >= 0.6 is 0 Å². The Morgan fingerprint density at radius 1 is 1.12 bits per heavy atom. The number of aryl methyl sites for hydroxylation is 2. The number of hydrogen-bond acceptors (Lipinski definition) is 9. The summed E-state index contributed by atoms with van der Waals surface area (Å²) in [6, 6.07) is 11.8. The Bertz CT molecular complexity index is 1830. The number of hydrogen-bond donors (Lipinski definition) is 1. The minimum absolute atomic E-state index is 0.0136. The Morgan fingerprint density at radius 2 is 2.02 bits per heavy atom. The first-order chi connectivity index (χ1) is 20.0. The molecule has 1 N–H and O–H groups in total. The summed E-state index contributed by atoms with van der Waals surface area (Å²) in [6.45, 7) is 7.86. The highest BCUT2D eigenvalue weighted by atomic mass is 16.5. The Hall–Kier alpha value is -5.19. The van der Waals surface area contributed by atoms with Gasteiger partial charge in [-0.3, -0.25) is 4.79 Å². The molecule has 0 radical (unpaired) electrons. The number of amides is 1. The van der Waals surface area contributed by atoms with Crippen LogP contribution in [0.2, 0.25) is 0 Å². The number of imidazole rings is 1. The van der Waals surface area contributed by atoms with E-state index in [2.05, 4.69) is 31.7 Å². The van der Waals surface area contributed by atoms with Crippen molar-refractivity contribution in [2.75, 3.05) is 36.5 Å². The molecule has 0 spiro atoms. The molecule has 5 aromatic rings. The fourth-order valence-corrected chi connectivity index (χ4v) is 5.52. The second-order valence-electron chi connectivity index (χ2n) is 10.3. The topological polar surface area (TPSA) is 111 Å². The van der Waals surface area contributed by atoms with Crippen LogP contribution in [0.25, 0.3) is 21.9 Å². The summed E-state index contributed by atoms with van der Waals surface area (Å²) in [5.74, 6) is 3.42. The molecule has 1 atom stereocenters. The first-order valence-electron chi connectivity index (χ1n) is 13.4. The summed E-state index contributed by atoms with van der Waals surface area (Å²) in [7, 11) is 1.97. The van der Waals surface area contributed by atoms with Crippen LogP contribution < -0.4 is 19.7 Å². The van der Waals surface area contributed by atoms with Crippen LogP contribution in [-0.2, 0) is 11.8 Å². The molecule has 0 bridgehead atoms. The van der Waals surface area contributed by atoms with Gasteiger partial charge in [-0.05, 0) is 48.9 Å². The molecule has 2 aliphatic heterocycles. The van der Waals surface area contributed by atoms with Gasteiger partial charge in [0, 0.05) is 38.4 Å². The molecule has 1 saturated heterocycles.